The van der Waals surface area contributed by atoms with Crippen molar-refractivity contribution in [2.45, 2.75) is 6.92 Å². The molecule has 0 spiro atoms. The van der Waals surface area contributed by atoms with Crippen molar-refractivity contribution in [1.29, 1.82) is 0 Å². The van der Waals surface area contributed by atoms with Gasteiger partial charge in [-0.15, -0.1) is 0 Å². The first-order valence-electron chi connectivity index (χ1n) is 13.1. The molecule has 9 nitrogen and oxygen atoms in total. The fraction of sp³-hybridized carbons (Fsp3) is 0.0938. The number of nitrogens with zero attached hydrogens (tertiary/aromatic N) is 1. The molecule has 0 unspecified atom stereocenters. The van der Waals surface area contributed by atoms with Crippen LogP contribution in [0.15, 0.2) is 94.5 Å². The Morgan fingerprint density at radius 3 is 2.64 bits per heavy atom. The summed E-state index contributed by atoms with van der Waals surface area (Å²) in [6.45, 7) is 2.29. The number of ether oxygens (including phenoxy) is 4. The number of hydrogen-bond acceptors (Lipinski definition) is 7. The minimum Gasteiger partial charge on any atom is -0.490 e. The number of H-pyrrole nitrogens is 1. The zero-order valence-electron chi connectivity index (χ0n) is 22.3. The molecule has 2 heterocycles. The highest BCUT2D eigenvalue weighted by atomic mass is 79.9. The molecule has 0 bridgehead atoms. The third-order valence-corrected chi connectivity index (χ3v) is 7.00. The van der Waals surface area contributed by atoms with Gasteiger partial charge in [0.05, 0.1) is 18.4 Å². The molecule has 2 N–H and O–H groups in total. The largest absolute Gasteiger partial charge is 0.490 e. The molecule has 1 aromatic heterocycles. The predicted octanol–water partition coefficient (Wildman–Crippen LogP) is 6.71. The van der Waals surface area contributed by atoms with Gasteiger partial charge in [0, 0.05) is 20.9 Å². The lowest BCUT2D eigenvalue weighted by molar-refractivity contribution is 0.0727. The molecule has 1 aliphatic heterocycles. The smallest absolute Gasteiger partial charge is 0.343 e. The third-order valence-electron chi connectivity index (χ3n) is 6.51. The van der Waals surface area contributed by atoms with Crippen LogP contribution in [0.2, 0.25) is 0 Å². The van der Waals surface area contributed by atoms with Gasteiger partial charge in [-0.1, -0.05) is 46.3 Å². The Labute approximate surface area is 249 Å². The Morgan fingerprint density at radius 1 is 0.976 bits per heavy atom. The maximum atomic E-state index is 13.3. The predicted molar refractivity (Wildman–Crippen MR) is 162 cm³/mol. The van der Waals surface area contributed by atoms with E-state index in [-0.39, 0.29) is 12.5 Å². The number of carbonyl (C=O) groups is 2. The van der Waals surface area contributed by atoms with Crippen molar-refractivity contribution >= 4 is 44.9 Å². The van der Waals surface area contributed by atoms with E-state index >= 15 is 0 Å². The van der Waals surface area contributed by atoms with Crippen LogP contribution in [-0.2, 0) is 0 Å². The van der Waals surface area contributed by atoms with Gasteiger partial charge in [-0.3, -0.25) is 4.79 Å². The molecule has 42 heavy (non-hydrogen) atoms. The van der Waals surface area contributed by atoms with Crippen LogP contribution in [0, 0.1) is 0 Å². The van der Waals surface area contributed by atoms with Crippen LogP contribution in [0.5, 0.6) is 23.0 Å². The highest BCUT2D eigenvalue weighted by Crippen LogP contribution is 2.35. The molecule has 5 aromatic rings. The minimum atomic E-state index is -0.567. The molecule has 1 aliphatic rings. The molecule has 0 saturated heterocycles. The summed E-state index contributed by atoms with van der Waals surface area (Å²) >= 11 is 3.53. The third kappa shape index (κ3) is 5.57. The Kier molecular flexibility index (Phi) is 7.61. The summed E-state index contributed by atoms with van der Waals surface area (Å²) in [4.78, 5) is 29.3. The number of nitrogens with one attached hydrogen (secondary N) is 2. The average Bonchev–Trinajstić information content (AvgIpc) is 3.63. The lowest BCUT2D eigenvalue weighted by Crippen LogP contribution is -2.18. The second kappa shape index (κ2) is 11.8. The molecule has 10 heteroatoms. The quantitative estimate of drug-likeness (QED) is 0.0858. The number of fused-ring (bicyclic) bond motifs is 2. The average molecular weight is 626 g/mol. The Hall–Kier alpha value is -5.09. The van der Waals surface area contributed by atoms with Gasteiger partial charge in [0.25, 0.3) is 5.91 Å². The maximum Gasteiger partial charge on any atom is 0.343 e. The van der Waals surface area contributed by atoms with Crippen molar-refractivity contribution in [3.8, 4) is 34.1 Å². The fourth-order valence-corrected chi connectivity index (χ4v) is 4.96. The number of esters is 1. The summed E-state index contributed by atoms with van der Waals surface area (Å²) in [5.41, 5.74) is 6.47. The lowest BCUT2D eigenvalue weighted by Gasteiger charge is -2.11. The van der Waals surface area contributed by atoms with Crippen LogP contribution >= 0.6 is 15.9 Å². The summed E-state index contributed by atoms with van der Waals surface area (Å²) in [5.74, 6) is 0.705. The van der Waals surface area contributed by atoms with Crippen molar-refractivity contribution in [2.24, 2.45) is 5.10 Å². The Bertz CT molecular complexity index is 1830. The number of amides is 1. The van der Waals surface area contributed by atoms with E-state index in [1.807, 2.05) is 55.5 Å². The minimum absolute atomic E-state index is 0.111. The molecule has 0 atom stereocenters. The zero-order chi connectivity index (χ0) is 29.1. The lowest BCUT2D eigenvalue weighted by atomic mass is 10.0. The topological polar surface area (TPSA) is 111 Å². The molecule has 4 aromatic carbocycles. The van der Waals surface area contributed by atoms with E-state index in [0.29, 0.717) is 40.7 Å². The zero-order valence-corrected chi connectivity index (χ0v) is 23.9. The van der Waals surface area contributed by atoms with E-state index in [2.05, 4.69) is 31.4 Å². The molecule has 6 rings (SSSR count). The van der Waals surface area contributed by atoms with Gasteiger partial charge in [-0.25, -0.2) is 10.2 Å². The summed E-state index contributed by atoms with van der Waals surface area (Å²) in [7, 11) is 0. The number of carbonyl (C=O) groups excluding carboxylic acids is 2. The van der Waals surface area contributed by atoms with Gasteiger partial charge in [0.1, 0.15) is 5.69 Å². The number of rotatable bonds is 8. The molecule has 0 radical (unpaired) electrons. The Morgan fingerprint density at radius 2 is 1.81 bits per heavy atom. The number of benzene rings is 4. The fourth-order valence-electron chi connectivity index (χ4n) is 4.60. The molecule has 0 fully saturated rings. The number of aromatic nitrogens is 1. The summed E-state index contributed by atoms with van der Waals surface area (Å²) in [6, 6.07) is 25.3. The van der Waals surface area contributed by atoms with Crippen molar-refractivity contribution in [2.75, 3.05) is 13.4 Å². The standard InChI is InChI=1S/C32H24BrN3O6/c1-2-39-27-14-19(8-12-26(27)42-32(38)21-9-13-25-28(15-21)41-18-40-25)17-34-36-31(37)30-29(20-6-4-3-5-7-20)23-16-22(33)10-11-24(23)35-30/h3-17,35H,2,18H2,1H3,(H,36,37). The second-order valence-corrected chi connectivity index (χ2v) is 10.1. The maximum absolute atomic E-state index is 13.3. The normalized spacial score (nSPS) is 12.0. The summed E-state index contributed by atoms with van der Waals surface area (Å²) in [5, 5.41) is 5.08. The number of hydrazone groups is 1. The number of hydrogen-bond donors (Lipinski definition) is 2. The SMILES string of the molecule is CCOc1cc(C=NNC(=O)c2[nH]c3ccc(Br)cc3c2-c2ccccc2)ccc1OC(=O)c1ccc2c(c1)OCO2. The van der Waals surface area contributed by atoms with E-state index in [4.69, 9.17) is 18.9 Å². The van der Waals surface area contributed by atoms with E-state index in [0.717, 1.165) is 26.5 Å². The van der Waals surface area contributed by atoms with Crippen LogP contribution in [0.3, 0.4) is 0 Å². The second-order valence-electron chi connectivity index (χ2n) is 9.23. The monoisotopic (exact) mass is 625 g/mol. The van der Waals surface area contributed by atoms with Crippen molar-refractivity contribution in [1.82, 2.24) is 10.4 Å². The summed E-state index contributed by atoms with van der Waals surface area (Å²) in [6.07, 6.45) is 1.49. The highest BCUT2D eigenvalue weighted by molar-refractivity contribution is 9.10. The molecule has 1 amide bonds. The van der Waals surface area contributed by atoms with Gasteiger partial charge in [0.2, 0.25) is 6.79 Å². The van der Waals surface area contributed by atoms with Gasteiger partial charge in [-0.05, 0) is 72.6 Å². The first kappa shape index (κ1) is 27.1. The molecule has 210 valence electrons. The molecular weight excluding hydrogens is 602 g/mol. The highest BCUT2D eigenvalue weighted by Gasteiger charge is 2.20. The van der Waals surface area contributed by atoms with Gasteiger partial charge < -0.3 is 23.9 Å². The van der Waals surface area contributed by atoms with Crippen LogP contribution in [0.1, 0.15) is 33.3 Å². The van der Waals surface area contributed by atoms with Crippen LogP contribution < -0.4 is 24.4 Å². The van der Waals surface area contributed by atoms with E-state index in [1.165, 1.54) is 6.21 Å². The van der Waals surface area contributed by atoms with Crippen LogP contribution in [0.25, 0.3) is 22.0 Å². The van der Waals surface area contributed by atoms with E-state index in [1.54, 1.807) is 36.4 Å². The van der Waals surface area contributed by atoms with Gasteiger partial charge in [-0.2, -0.15) is 5.10 Å². The molecular formula is C32H24BrN3O6. The first-order valence-corrected chi connectivity index (χ1v) is 13.9. The van der Waals surface area contributed by atoms with E-state index < -0.39 is 11.9 Å². The van der Waals surface area contributed by atoms with Crippen LogP contribution in [0.4, 0.5) is 0 Å². The molecule has 0 saturated carbocycles. The number of halogens is 1. The Balaban J connectivity index is 1.20. The van der Waals surface area contributed by atoms with Crippen molar-refractivity contribution in [3.63, 3.8) is 0 Å². The molecule has 0 aliphatic carbocycles. The summed E-state index contributed by atoms with van der Waals surface area (Å²) < 4.78 is 22.9. The number of aromatic amines is 1. The van der Waals surface area contributed by atoms with Gasteiger partial charge >= 0.3 is 5.97 Å². The van der Waals surface area contributed by atoms with Crippen molar-refractivity contribution < 1.29 is 28.5 Å². The van der Waals surface area contributed by atoms with Crippen LogP contribution in [-0.4, -0.2) is 36.5 Å². The first-order chi connectivity index (χ1) is 20.5. The van der Waals surface area contributed by atoms with Crippen molar-refractivity contribution in [3.05, 3.63) is 106 Å². The van der Waals surface area contributed by atoms with Gasteiger partial charge in [0.15, 0.2) is 23.0 Å². The van der Waals surface area contributed by atoms with E-state index in [9.17, 15) is 9.59 Å².